The van der Waals surface area contributed by atoms with Crippen molar-refractivity contribution in [2.24, 2.45) is 0 Å². The minimum absolute atomic E-state index is 0.118. The van der Waals surface area contributed by atoms with Crippen LogP contribution in [-0.4, -0.2) is 42.1 Å². The molecule has 1 aromatic heterocycles. The molecule has 1 heterocycles. The van der Waals surface area contributed by atoms with Gasteiger partial charge in [0.15, 0.2) is 4.34 Å². The average Bonchev–Trinajstić information content (AvgIpc) is 2.98. The Hall–Kier alpha value is -1.71. The van der Waals surface area contributed by atoms with Gasteiger partial charge < -0.3 is 15.4 Å². The molecule has 0 saturated carbocycles. The Morgan fingerprint density at radius 2 is 2.13 bits per heavy atom. The number of nitrogens with one attached hydrogen (secondary N) is 2. The number of anilines is 2. The van der Waals surface area contributed by atoms with E-state index >= 15 is 0 Å². The fourth-order valence-electron chi connectivity index (χ4n) is 1.59. The number of amides is 1. The van der Waals surface area contributed by atoms with E-state index in [2.05, 4.69) is 20.8 Å². The van der Waals surface area contributed by atoms with Crippen molar-refractivity contribution in [2.75, 3.05) is 36.6 Å². The fourth-order valence-corrected chi connectivity index (χ4v) is 3.37. The van der Waals surface area contributed by atoms with Crippen LogP contribution in [0.5, 0.6) is 0 Å². The molecule has 2 rings (SSSR count). The van der Waals surface area contributed by atoms with Gasteiger partial charge in [0.1, 0.15) is 5.82 Å². The van der Waals surface area contributed by atoms with Crippen LogP contribution in [0.15, 0.2) is 28.6 Å². The van der Waals surface area contributed by atoms with Crippen LogP contribution in [0.4, 0.5) is 15.2 Å². The van der Waals surface area contributed by atoms with Gasteiger partial charge in [0.05, 0.1) is 6.61 Å². The molecule has 124 valence electrons. The molecular weight excluding hydrogens is 339 g/mol. The third kappa shape index (κ3) is 6.51. The quantitative estimate of drug-likeness (QED) is 0.531. The maximum Gasteiger partial charge on any atom is 0.225 e. The summed E-state index contributed by atoms with van der Waals surface area (Å²) >= 11 is 2.92. The molecule has 0 aliphatic heterocycles. The van der Waals surface area contributed by atoms with E-state index in [0.29, 0.717) is 31.0 Å². The van der Waals surface area contributed by atoms with Crippen LogP contribution >= 0.6 is 23.1 Å². The van der Waals surface area contributed by atoms with Crippen molar-refractivity contribution >= 4 is 39.8 Å². The van der Waals surface area contributed by atoms with E-state index in [1.165, 1.54) is 47.4 Å². The molecule has 23 heavy (non-hydrogen) atoms. The average molecular weight is 356 g/mol. The molecule has 0 fully saturated rings. The zero-order chi connectivity index (χ0) is 16.5. The van der Waals surface area contributed by atoms with E-state index in [9.17, 15) is 9.18 Å². The molecule has 1 amide bonds. The number of carbonyl (C=O) groups is 1. The van der Waals surface area contributed by atoms with Crippen molar-refractivity contribution in [1.29, 1.82) is 0 Å². The number of ether oxygens (including phenoxy) is 1. The number of carbonyl (C=O) groups excluding carboxylic acids is 1. The summed E-state index contributed by atoms with van der Waals surface area (Å²) in [5.74, 6) is 0.150. The topological polar surface area (TPSA) is 76.1 Å². The van der Waals surface area contributed by atoms with E-state index in [4.69, 9.17) is 4.74 Å². The number of nitrogens with zero attached hydrogens (tertiary/aromatic N) is 2. The Morgan fingerprint density at radius 3 is 2.87 bits per heavy atom. The second-order valence-electron chi connectivity index (χ2n) is 4.45. The van der Waals surface area contributed by atoms with E-state index in [1.54, 1.807) is 7.11 Å². The van der Waals surface area contributed by atoms with Crippen LogP contribution in [0, 0.1) is 5.82 Å². The number of rotatable bonds is 9. The van der Waals surface area contributed by atoms with Gasteiger partial charge in [0.25, 0.3) is 0 Å². The van der Waals surface area contributed by atoms with Crippen molar-refractivity contribution < 1.29 is 13.9 Å². The van der Waals surface area contributed by atoms with Crippen molar-refractivity contribution in [3.63, 3.8) is 0 Å². The molecule has 6 nitrogen and oxygen atoms in total. The number of hydrogen-bond acceptors (Lipinski definition) is 7. The van der Waals surface area contributed by atoms with Gasteiger partial charge in [0, 0.05) is 31.5 Å². The predicted octanol–water partition coefficient (Wildman–Crippen LogP) is 2.86. The number of aromatic nitrogens is 2. The first-order chi connectivity index (χ1) is 11.2. The summed E-state index contributed by atoms with van der Waals surface area (Å²) in [6, 6.07) is 5.68. The summed E-state index contributed by atoms with van der Waals surface area (Å²) in [5.41, 5.74) is 0.585. The molecule has 2 N–H and O–H groups in total. The maximum absolute atomic E-state index is 12.8. The minimum atomic E-state index is -0.329. The molecule has 0 spiro atoms. The van der Waals surface area contributed by atoms with E-state index in [-0.39, 0.29) is 11.7 Å². The second kappa shape index (κ2) is 9.43. The lowest BCUT2D eigenvalue weighted by Gasteiger charge is -2.04. The van der Waals surface area contributed by atoms with Crippen LogP contribution in [0.1, 0.15) is 6.42 Å². The molecule has 0 bridgehead atoms. The summed E-state index contributed by atoms with van der Waals surface area (Å²) < 4.78 is 18.5. The Morgan fingerprint density at radius 1 is 1.35 bits per heavy atom. The molecule has 0 saturated heterocycles. The van der Waals surface area contributed by atoms with Gasteiger partial charge in [-0.25, -0.2) is 4.39 Å². The summed E-state index contributed by atoms with van der Waals surface area (Å²) in [5, 5.41) is 14.6. The van der Waals surface area contributed by atoms with E-state index < -0.39 is 0 Å². The number of benzene rings is 1. The fraction of sp³-hybridized carbons (Fsp3) is 0.357. The van der Waals surface area contributed by atoms with Gasteiger partial charge in [-0.3, -0.25) is 4.79 Å². The highest BCUT2D eigenvalue weighted by Crippen LogP contribution is 2.25. The number of thioether (sulfide) groups is 1. The van der Waals surface area contributed by atoms with Crippen molar-refractivity contribution in [3.8, 4) is 0 Å². The Kier molecular flexibility index (Phi) is 7.24. The van der Waals surface area contributed by atoms with Crippen LogP contribution < -0.4 is 10.6 Å². The first-order valence-corrected chi connectivity index (χ1v) is 8.72. The normalized spacial score (nSPS) is 10.5. The summed E-state index contributed by atoms with van der Waals surface area (Å²) in [6.07, 6.45) is 0.341. The minimum Gasteiger partial charge on any atom is -0.383 e. The van der Waals surface area contributed by atoms with Crippen LogP contribution in [-0.2, 0) is 9.53 Å². The first kappa shape index (κ1) is 17.6. The monoisotopic (exact) mass is 356 g/mol. The molecule has 0 atom stereocenters. The molecule has 1 aromatic carbocycles. The molecule has 2 aromatic rings. The molecule has 0 unspecified atom stereocenters. The van der Waals surface area contributed by atoms with Gasteiger partial charge in [-0.1, -0.05) is 23.1 Å². The van der Waals surface area contributed by atoms with Gasteiger partial charge in [-0.05, 0) is 24.3 Å². The zero-order valence-electron chi connectivity index (χ0n) is 12.5. The van der Waals surface area contributed by atoms with Gasteiger partial charge in [-0.15, -0.1) is 10.2 Å². The first-order valence-electron chi connectivity index (χ1n) is 6.92. The van der Waals surface area contributed by atoms with Crippen molar-refractivity contribution in [3.05, 3.63) is 30.1 Å². The number of hydrogen-bond donors (Lipinski definition) is 2. The largest absolute Gasteiger partial charge is 0.383 e. The second-order valence-corrected chi connectivity index (χ2v) is 6.77. The Labute approximate surface area is 141 Å². The highest BCUT2D eigenvalue weighted by atomic mass is 32.2. The van der Waals surface area contributed by atoms with Gasteiger partial charge >= 0.3 is 0 Å². The zero-order valence-corrected chi connectivity index (χ0v) is 14.2. The molecule has 0 radical (unpaired) electrons. The van der Waals surface area contributed by atoms with Crippen LogP contribution in [0.3, 0.4) is 0 Å². The van der Waals surface area contributed by atoms with Crippen molar-refractivity contribution in [1.82, 2.24) is 10.2 Å². The van der Waals surface area contributed by atoms with Crippen LogP contribution in [0.2, 0.25) is 0 Å². The van der Waals surface area contributed by atoms with Crippen molar-refractivity contribution in [2.45, 2.75) is 10.8 Å². The van der Waals surface area contributed by atoms with E-state index in [1.807, 2.05) is 0 Å². The highest BCUT2D eigenvalue weighted by Gasteiger charge is 2.07. The Balaban J connectivity index is 1.68. The van der Waals surface area contributed by atoms with Gasteiger partial charge in [0.2, 0.25) is 11.0 Å². The highest BCUT2D eigenvalue weighted by molar-refractivity contribution is 8.01. The third-order valence-electron chi connectivity index (χ3n) is 2.67. The van der Waals surface area contributed by atoms with Gasteiger partial charge in [-0.2, -0.15) is 0 Å². The summed E-state index contributed by atoms with van der Waals surface area (Å²) in [6.45, 7) is 1.28. The molecule has 0 aliphatic carbocycles. The lowest BCUT2D eigenvalue weighted by molar-refractivity contribution is -0.115. The summed E-state index contributed by atoms with van der Waals surface area (Å²) in [7, 11) is 1.64. The standard InChI is InChI=1S/C14H17FN4O2S2/c1-21-8-7-16-13-18-19-14(23-13)22-9-6-12(20)17-11-4-2-10(15)3-5-11/h2-5H,6-9H2,1H3,(H,16,18)(H,17,20). The number of methoxy groups -OCH3 is 1. The smallest absolute Gasteiger partial charge is 0.225 e. The van der Waals surface area contributed by atoms with E-state index in [0.717, 1.165) is 9.47 Å². The molecule has 9 heteroatoms. The molecular formula is C14H17FN4O2S2. The predicted molar refractivity (Wildman–Crippen MR) is 90.6 cm³/mol. The molecule has 0 aliphatic rings. The SMILES string of the molecule is COCCNc1nnc(SCCC(=O)Nc2ccc(F)cc2)s1. The third-order valence-corrected chi connectivity index (χ3v) is 4.69. The lowest BCUT2D eigenvalue weighted by atomic mass is 10.3. The lowest BCUT2D eigenvalue weighted by Crippen LogP contribution is -2.12. The maximum atomic E-state index is 12.8. The summed E-state index contributed by atoms with van der Waals surface area (Å²) in [4.78, 5) is 11.8. The number of halogens is 1. The Bertz CT molecular complexity index is 621. The van der Waals surface area contributed by atoms with Crippen LogP contribution in [0.25, 0.3) is 0 Å².